The van der Waals surface area contributed by atoms with Crippen molar-refractivity contribution in [1.29, 1.82) is 0 Å². The molecule has 0 aliphatic rings. The number of hydrogen-bond acceptors (Lipinski definition) is 3. The first-order valence-electron chi connectivity index (χ1n) is 6.19. The molecule has 0 fully saturated rings. The normalized spacial score (nSPS) is 13.1. The van der Waals surface area contributed by atoms with Gasteiger partial charge in [0.05, 0.1) is 12.0 Å². The Bertz CT molecular complexity index is 460. The van der Waals surface area contributed by atoms with Crippen LogP contribution in [0, 0.1) is 5.41 Å². The summed E-state index contributed by atoms with van der Waals surface area (Å²) in [6, 6.07) is 5.23. The van der Waals surface area contributed by atoms with Gasteiger partial charge >= 0.3 is 5.97 Å². The van der Waals surface area contributed by atoms with Gasteiger partial charge in [-0.05, 0) is 44.9 Å². The standard InChI is InChI=1S/C14H20BrNO3/c1-4-19-9-5-6-10(11(15)7-9)12(16)8-14(2,3)13(17)18/h5-7,12H,4,8,16H2,1-3H3,(H,17,18). The molecule has 106 valence electrons. The third-order valence-electron chi connectivity index (χ3n) is 2.99. The Labute approximate surface area is 122 Å². The molecule has 1 aromatic rings. The average molecular weight is 330 g/mol. The zero-order valence-electron chi connectivity index (χ0n) is 11.4. The van der Waals surface area contributed by atoms with Gasteiger partial charge in [-0.25, -0.2) is 0 Å². The quantitative estimate of drug-likeness (QED) is 0.839. The molecule has 4 nitrogen and oxygen atoms in total. The first kappa shape index (κ1) is 16.0. The van der Waals surface area contributed by atoms with E-state index in [2.05, 4.69) is 15.9 Å². The van der Waals surface area contributed by atoms with Gasteiger partial charge in [0.25, 0.3) is 0 Å². The van der Waals surface area contributed by atoms with Crippen LogP contribution in [0.3, 0.4) is 0 Å². The second kappa shape index (κ2) is 6.39. The lowest BCUT2D eigenvalue weighted by Crippen LogP contribution is -2.29. The first-order chi connectivity index (χ1) is 8.77. The molecule has 1 rings (SSSR count). The van der Waals surface area contributed by atoms with Crippen molar-refractivity contribution in [2.75, 3.05) is 6.61 Å². The SMILES string of the molecule is CCOc1ccc(C(N)CC(C)(C)C(=O)O)c(Br)c1. The lowest BCUT2D eigenvalue weighted by molar-refractivity contribution is -0.147. The summed E-state index contributed by atoms with van der Waals surface area (Å²) in [4.78, 5) is 11.1. The van der Waals surface area contributed by atoms with E-state index in [1.54, 1.807) is 13.8 Å². The molecule has 0 heterocycles. The summed E-state index contributed by atoms with van der Waals surface area (Å²) in [5.41, 5.74) is 6.15. The highest BCUT2D eigenvalue weighted by atomic mass is 79.9. The smallest absolute Gasteiger partial charge is 0.309 e. The maximum atomic E-state index is 11.1. The number of nitrogens with two attached hydrogens (primary N) is 1. The summed E-state index contributed by atoms with van der Waals surface area (Å²) in [5.74, 6) is -0.0761. The van der Waals surface area contributed by atoms with Gasteiger partial charge in [-0.3, -0.25) is 4.79 Å². The summed E-state index contributed by atoms with van der Waals surface area (Å²) in [5, 5.41) is 9.13. The zero-order chi connectivity index (χ0) is 14.6. The van der Waals surface area contributed by atoms with Gasteiger partial charge in [0.1, 0.15) is 5.75 Å². The largest absolute Gasteiger partial charge is 0.494 e. The number of carboxylic acid groups (broad SMARTS) is 1. The molecule has 1 unspecified atom stereocenters. The fourth-order valence-corrected chi connectivity index (χ4v) is 2.46. The van der Waals surface area contributed by atoms with Crippen molar-refractivity contribution in [3.63, 3.8) is 0 Å². The Hall–Kier alpha value is -1.07. The minimum absolute atomic E-state index is 0.337. The van der Waals surface area contributed by atoms with Crippen LogP contribution < -0.4 is 10.5 Å². The number of rotatable bonds is 6. The Kier molecular flexibility index (Phi) is 5.38. The Morgan fingerprint density at radius 2 is 2.16 bits per heavy atom. The third-order valence-corrected chi connectivity index (χ3v) is 3.68. The van der Waals surface area contributed by atoms with E-state index < -0.39 is 11.4 Å². The summed E-state index contributed by atoms with van der Waals surface area (Å²) in [6.07, 6.45) is 0.370. The number of halogens is 1. The van der Waals surface area contributed by atoms with Crippen LogP contribution in [0.2, 0.25) is 0 Å². The molecule has 0 saturated carbocycles. The predicted octanol–water partition coefficient (Wildman–Crippen LogP) is 3.35. The molecule has 0 aromatic heterocycles. The van der Waals surface area contributed by atoms with Gasteiger partial charge in [0.15, 0.2) is 0 Å². The molecule has 0 spiro atoms. The molecule has 0 radical (unpaired) electrons. The van der Waals surface area contributed by atoms with Gasteiger partial charge in [-0.15, -0.1) is 0 Å². The summed E-state index contributed by atoms with van der Waals surface area (Å²) < 4.78 is 6.24. The second-order valence-corrected chi connectivity index (χ2v) is 5.97. The number of aliphatic carboxylic acids is 1. The van der Waals surface area contributed by atoms with Crippen LogP contribution in [-0.2, 0) is 4.79 Å². The fourth-order valence-electron chi connectivity index (χ4n) is 1.81. The van der Waals surface area contributed by atoms with Crippen molar-refractivity contribution in [2.45, 2.75) is 33.2 Å². The molecule has 0 aliphatic carbocycles. The molecule has 1 aromatic carbocycles. The molecular formula is C14H20BrNO3. The number of ether oxygens (including phenoxy) is 1. The Morgan fingerprint density at radius 1 is 1.53 bits per heavy atom. The molecular weight excluding hydrogens is 310 g/mol. The third kappa shape index (κ3) is 4.21. The van der Waals surface area contributed by atoms with Crippen molar-refractivity contribution >= 4 is 21.9 Å². The maximum Gasteiger partial charge on any atom is 0.309 e. The van der Waals surface area contributed by atoms with Gasteiger partial charge in [-0.2, -0.15) is 0 Å². The Balaban J connectivity index is 2.88. The molecule has 0 saturated heterocycles. The van der Waals surface area contributed by atoms with Crippen LogP contribution in [-0.4, -0.2) is 17.7 Å². The molecule has 5 heteroatoms. The van der Waals surface area contributed by atoms with E-state index in [1.165, 1.54) is 0 Å². The van der Waals surface area contributed by atoms with Crippen LogP contribution >= 0.6 is 15.9 Å². The highest BCUT2D eigenvalue weighted by Gasteiger charge is 2.30. The summed E-state index contributed by atoms with van der Waals surface area (Å²) >= 11 is 3.45. The topological polar surface area (TPSA) is 72.5 Å². The van der Waals surface area contributed by atoms with Crippen LogP contribution in [0.4, 0.5) is 0 Å². The van der Waals surface area contributed by atoms with Crippen LogP contribution in [0.15, 0.2) is 22.7 Å². The maximum absolute atomic E-state index is 11.1. The van der Waals surface area contributed by atoms with Gasteiger partial charge in [0, 0.05) is 10.5 Å². The minimum atomic E-state index is -0.850. The van der Waals surface area contributed by atoms with Gasteiger partial charge in [-0.1, -0.05) is 22.0 Å². The van der Waals surface area contributed by atoms with Gasteiger partial charge in [0.2, 0.25) is 0 Å². The lowest BCUT2D eigenvalue weighted by Gasteiger charge is -2.24. The average Bonchev–Trinajstić information content (AvgIpc) is 2.28. The number of hydrogen-bond donors (Lipinski definition) is 2. The number of benzene rings is 1. The molecule has 0 bridgehead atoms. The minimum Gasteiger partial charge on any atom is -0.494 e. The second-order valence-electron chi connectivity index (χ2n) is 5.12. The monoisotopic (exact) mass is 329 g/mol. The molecule has 19 heavy (non-hydrogen) atoms. The Morgan fingerprint density at radius 3 is 2.63 bits per heavy atom. The van der Waals surface area contributed by atoms with E-state index in [0.29, 0.717) is 13.0 Å². The van der Waals surface area contributed by atoms with Crippen LogP contribution in [0.25, 0.3) is 0 Å². The molecule has 0 aliphatic heterocycles. The van der Waals surface area contributed by atoms with Crippen molar-refractivity contribution in [1.82, 2.24) is 0 Å². The fraction of sp³-hybridized carbons (Fsp3) is 0.500. The molecule has 1 atom stereocenters. The molecule has 0 amide bonds. The van der Waals surface area contributed by atoms with Crippen molar-refractivity contribution < 1.29 is 14.6 Å². The summed E-state index contributed by atoms with van der Waals surface area (Å²) in [6.45, 7) is 5.88. The van der Waals surface area contributed by atoms with Crippen LogP contribution in [0.1, 0.15) is 38.8 Å². The van der Waals surface area contributed by atoms with E-state index in [-0.39, 0.29) is 6.04 Å². The number of carbonyl (C=O) groups is 1. The zero-order valence-corrected chi connectivity index (χ0v) is 13.0. The van der Waals surface area contributed by atoms with E-state index in [4.69, 9.17) is 15.6 Å². The summed E-state index contributed by atoms with van der Waals surface area (Å²) in [7, 11) is 0. The van der Waals surface area contributed by atoms with Crippen LogP contribution in [0.5, 0.6) is 5.75 Å². The highest BCUT2D eigenvalue weighted by Crippen LogP contribution is 2.33. The van der Waals surface area contributed by atoms with Gasteiger partial charge < -0.3 is 15.6 Å². The first-order valence-corrected chi connectivity index (χ1v) is 6.98. The highest BCUT2D eigenvalue weighted by molar-refractivity contribution is 9.10. The predicted molar refractivity (Wildman–Crippen MR) is 78.3 cm³/mol. The van der Waals surface area contributed by atoms with E-state index in [1.807, 2.05) is 25.1 Å². The number of carboxylic acids is 1. The van der Waals surface area contributed by atoms with Crippen molar-refractivity contribution in [2.24, 2.45) is 11.1 Å². The van der Waals surface area contributed by atoms with E-state index in [0.717, 1.165) is 15.8 Å². The van der Waals surface area contributed by atoms with Crippen molar-refractivity contribution in [3.05, 3.63) is 28.2 Å². The lowest BCUT2D eigenvalue weighted by atomic mass is 9.84. The molecule has 3 N–H and O–H groups in total. The van der Waals surface area contributed by atoms with E-state index >= 15 is 0 Å². The van der Waals surface area contributed by atoms with E-state index in [9.17, 15) is 4.79 Å². The van der Waals surface area contributed by atoms with Crippen molar-refractivity contribution in [3.8, 4) is 5.75 Å².